The summed E-state index contributed by atoms with van der Waals surface area (Å²) in [5.41, 5.74) is 1.21. The Morgan fingerprint density at radius 1 is 1.26 bits per heavy atom. The molecule has 1 unspecified atom stereocenters. The Kier molecular flexibility index (Phi) is 3.87. The molecule has 19 heavy (non-hydrogen) atoms. The van der Waals surface area contributed by atoms with Gasteiger partial charge >= 0.3 is 0 Å². The highest BCUT2D eigenvalue weighted by Gasteiger charge is 2.22. The molecule has 5 nitrogen and oxygen atoms in total. The molecule has 0 spiro atoms. The summed E-state index contributed by atoms with van der Waals surface area (Å²) in [7, 11) is 1.88. The quantitative estimate of drug-likeness (QED) is 0.516. The third kappa shape index (κ3) is 2.95. The average Bonchev–Trinajstić information content (AvgIpc) is 2.41. The van der Waals surface area contributed by atoms with Crippen LogP contribution in [0.3, 0.4) is 0 Å². The van der Waals surface area contributed by atoms with Gasteiger partial charge in [-0.05, 0) is 6.07 Å². The molecule has 2 aromatic rings. The van der Waals surface area contributed by atoms with Gasteiger partial charge in [-0.1, -0.05) is 18.2 Å². The van der Waals surface area contributed by atoms with Crippen molar-refractivity contribution in [3.63, 3.8) is 0 Å². The average molecular weight is 259 g/mol. The zero-order valence-corrected chi connectivity index (χ0v) is 10.6. The van der Waals surface area contributed by atoms with Gasteiger partial charge in [0.15, 0.2) is 11.9 Å². The van der Waals surface area contributed by atoms with Crippen LogP contribution in [0.4, 0.5) is 5.69 Å². The van der Waals surface area contributed by atoms with Gasteiger partial charge in [0.25, 0.3) is 5.69 Å². The lowest BCUT2D eigenvalue weighted by molar-refractivity contribution is -0.679. The smallest absolute Gasteiger partial charge is 0.275 e. The normalized spacial score (nSPS) is 12.1. The maximum absolute atomic E-state index is 10.9. The zero-order valence-electron chi connectivity index (χ0n) is 10.6. The van der Waals surface area contributed by atoms with Crippen molar-refractivity contribution in [1.82, 2.24) is 0 Å². The van der Waals surface area contributed by atoms with Gasteiger partial charge in [0, 0.05) is 18.2 Å². The van der Waals surface area contributed by atoms with Gasteiger partial charge in [-0.15, -0.1) is 0 Å². The molecule has 0 aliphatic carbocycles. The fraction of sp³-hybridized carbons (Fsp3) is 0.214. The molecule has 5 heteroatoms. The maximum atomic E-state index is 10.9. The molecule has 0 radical (unpaired) electrons. The summed E-state index contributed by atoms with van der Waals surface area (Å²) in [5, 5.41) is 21.1. The van der Waals surface area contributed by atoms with Gasteiger partial charge in [-0.3, -0.25) is 10.1 Å². The van der Waals surface area contributed by atoms with E-state index in [4.69, 9.17) is 0 Å². The van der Waals surface area contributed by atoms with E-state index in [2.05, 4.69) is 0 Å². The second kappa shape index (κ2) is 5.58. The Balaban J connectivity index is 2.28. The fourth-order valence-electron chi connectivity index (χ4n) is 2.01. The van der Waals surface area contributed by atoms with Gasteiger partial charge in [-0.2, -0.15) is 0 Å². The van der Waals surface area contributed by atoms with Crippen molar-refractivity contribution in [2.45, 2.75) is 12.5 Å². The van der Waals surface area contributed by atoms with E-state index in [-0.39, 0.29) is 5.69 Å². The molecule has 0 amide bonds. The van der Waals surface area contributed by atoms with Crippen LogP contribution in [0.1, 0.15) is 17.4 Å². The van der Waals surface area contributed by atoms with E-state index in [0.29, 0.717) is 12.0 Å². The number of pyridine rings is 1. The van der Waals surface area contributed by atoms with Gasteiger partial charge in [-0.25, -0.2) is 4.57 Å². The first kappa shape index (κ1) is 13.2. The summed E-state index contributed by atoms with van der Waals surface area (Å²) in [6.45, 7) is 0. The number of aliphatic hydroxyl groups excluding tert-OH is 1. The van der Waals surface area contributed by atoms with E-state index in [1.54, 1.807) is 18.2 Å². The van der Waals surface area contributed by atoms with E-state index in [9.17, 15) is 15.2 Å². The molecule has 0 fully saturated rings. The van der Waals surface area contributed by atoms with Crippen LogP contribution >= 0.6 is 0 Å². The lowest BCUT2D eigenvalue weighted by Gasteiger charge is -2.09. The van der Waals surface area contributed by atoms with Gasteiger partial charge in [0.1, 0.15) is 7.05 Å². The molecule has 0 bridgehead atoms. The number of nitro benzene ring substituents is 1. The standard InChI is InChI=1S/C14H15N2O3/c1-15-9-5-4-6-11(15)10-14(17)12-7-2-3-8-13(12)16(18)19/h2-9,14,17H,10H2,1H3/q+1. The minimum Gasteiger partial charge on any atom is -0.388 e. The van der Waals surface area contributed by atoms with Crippen LogP contribution in [0.15, 0.2) is 48.7 Å². The Morgan fingerprint density at radius 2 is 1.95 bits per heavy atom. The van der Waals surface area contributed by atoms with Crippen LogP contribution in [0.25, 0.3) is 0 Å². The molecule has 98 valence electrons. The third-order valence-electron chi connectivity index (χ3n) is 3.06. The van der Waals surface area contributed by atoms with Gasteiger partial charge in [0.2, 0.25) is 0 Å². The molecule has 1 atom stereocenters. The number of aliphatic hydroxyl groups is 1. The molecule has 0 saturated heterocycles. The lowest BCUT2D eigenvalue weighted by atomic mass is 10.0. The number of hydrogen-bond donors (Lipinski definition) is 1. The van der Waals surface area contributed by atoms with Crippen molar-refractivity contribution in [2.75, 3.05) is 0 Å². The number of aryl methyl sites for hydroxylation is 1. The summed E-state index contributed by atoms with van der Waals surface area (Å²) in [6, 6.07) is 11.9. The highest BCUT2D eigenvalue weighted by Crippen LogP contribution is 2.26. The minimum absolute atomic E-state index is 0.0476. The molecule has 1 aromatic heterocycles. The monoisotopic (exact) mass is 259 g/mol. The molecule has 2 rings (SSSR count). The Morgan fingerprint density at radius 3 is 2.63 bits per heavy atom. The van der Waals surface area contributed by atoms with E-state index >= 15 is 0 Å². The summed E-state index contributed by atoms with van der Waals surface area (Å²) in [5.74, 6) is 0. The number of nitro groups is 1. The number of hydrogen-bond acceptors (Lipinski definition) is 3. The number of para-hydroxylation sites is 1. The first-order valence-electron chi connectivity index (χ1n) is 5.94. The predicted molar refractivity (Wildman–Crippen MR) is 69.4 cm³/mol. The number of benzene rings is 1. The second-order valence-corrected chi connectivity index (χ2v) is 4.34. The number of aromatic nitrogens is 1. The van der Waals surface area contributed by atoms with Gasteiger partial charge < -0.3 is 5.11 Å². The SMILES string of the molecule is C[n+]1ccccc1CC(O)c1ccccc1[N+](=O)[O-]. The molecule has 0 aliphatic heterocycles. The topological polar surface area (TPSA) is 67.2 Å². The van der Waals surface area contributed by atoms with Crippen molar-refractivity contribution in [2.24, 2.45) is 7.05 Å². The molecule has 0 saturated carbocycles. The Bertz CT molecular complexity index is 599. The summed E-state index contributed by atoms with van der Waals surface area (Å²) in [4.78, 5) is 10.5. The van der Waals surface area contributed by atoms with Crippen LogP contribution in [0.5, 0.6) is 0 Å². The first-order chi connectivity index (χ1) is 9.09. The predicted octanol–water partition coefficient (Wildman–Crippen LogP) is 1.70. The van der Waals surface area contributed by atoms with Crippen LogP contribution in [-0.2, 0) is 13.5 Å². The largest absolute Gasteiger partial charge is 0.388 e. The summed E-state index contributed by atoms with van der Waals surface area (Å²) in [6.07, 6.45) is 1.32. The fourth-order valence-corrected chi connectivity index (χ4v) is 2.01. The highest BCUT2D eigenvalue weighted by molar-refractivity contribution is 5.41. The van der Waals surface area contributed by atoms with Crippen LogP contribution in [0, 0.1) is 10.1 Å². The second-order valence-electron chi connectivity index (χ2n) is 4.34. The first-order valence-corrected chi connectivity index (χ1v) is 5.94. The van der Waals surface area contributed by atoms with Crippen molar-refractivity contribution < 1.29 is 14.6 Å². The zero-order chi connectivity index (χ0) is 13.8. The van der Waals surface area contributed by atoms with E-state index in [1.807, 2.05) is 36.0 Å². The van der Waals surface area contributed by atoms with E-state index in [0.717, 1.165) is 5.69 Å². The van der Waals surface area contributed by atoms with E-state index < -0.39 is 11.0 Å². The Labute approximate surface area is 110 Å². The molecule has 1 N–H and O–H groups in total. The molecule has 1 heterocycles. The molecular weight excluding hydrogens is 244 g/mol. The summed E-state index contributed by atoms with van der Waals surface area (Å²) >= 11 is 0. The minimum atomic E-state index is -0.893. The molecule has 1 aromatic carbocycles. The third-order valence-corrected chi connectivity index (χ3v) is 3.06. The van der Waals surface area contributed by atoms with Crippen molar-refractivity contribution in [1.29, 1.82) is 0 Å². The van der Waals surface area contributed by atoms with Crippen LogP contribution < -0.4 is 4.57 Å². The van der Waals surface area contributed by atoms with Crippen molar-refractivity contribution in [3.8, 4) is 0 Å². The maximum Gasteiger partial charge on any atom is 0.275 e. The van der Waals surface area contributed by atoms with Crippen molar-refractivity contribution in [3.05, 3.63) is 70.0 Å². The van der Waals surface area contributed by atoms with Crippen molar-refractivity contribution >= 4 is 5.69 Å². The van der Waals surface area contributed by atoms with E-state index in [1.165, 1.54) is 6.07 Å². The summed E-state index contributed by atoms with van der Waals surface area (Å²) < 4.78 is 1.89. The van der Waals surface area contributed by atoms with Gasteiger partial charge in [0.05, 0.1) is 23.0 Å². The molecular formula is C14H15N2O3+. The number of rotatable bonds is 4. The highest BCUT2D eigenvalue weighted by atomic mass is 16.6. The number of nitrogens with zero attached hydrogens (tertiary/aromatic N) is 2. The Hall–Kier alpha value is -2.27. The van der Waals surface area contributed by atoms with Crippen LogP contribution in [-0.4, -0.2) is 10.0 Å². The van der Waals surface area contributed by atoms with Crippen LogP contribution in [0.2, 0.25) is 0 Å². The molecule has 0 aliphatic rings. The lowest BCUT2D eigenvalue weighted by Crippen LogP contribution is -2.33.